The van der Waals surface area contributed by atoms with E-state index in [1.54, 1.807) is 7.11 Å². The van der Waals surface area contributed by atoms with Crippen molar-refractivity contribution in [3.63, 3.8) is 0 Å². The Balaban J connectivity index is 1.71. The number of nitrogens with zero attached hydrogens (tertiary/aromatic N) is 1. The maximum atomic E-state index is 5.69. The summed E-state index contributed by atoms with van der Waals surface area (Å²) < 4.78 is 27.8. The molecule has 3 aliphatic heterocycles. The average molecular weight is 339 g/mol. The van der Waals surface area contributed by atoms with Gasteiger partial charge in [-0.25, -0.2) is 0 Å². The molecule has 0 N–H and O–H groups in total. The number of rotatable bonds is 2. The molecule has 6 nitrogen and oxygen atoms in total. The first-order valence-electron chi connectivity index (χ1n) is 8.22. The lowest BCUT2D eigenvalue weighted by Crippen LogP contribution is -2.20. The Morgan fingerprint density at radius 2 is 1.80 bits per heavy atom. The summed E-state index contributed by atoms with van der Waals surface area (Å²) in [4.78, 5) is 4.90. The highest BCUT2D eigenvalue weighted by atomic mass is 16.7. The summed E-state index contributed by atoms with van der Waals surface area (Å²) in [6.07, 6.45) is 0.830. The predicted octanol–water partition coefficient (Wildman–Crippen LogP) is 2.93. The minimum atomic E-state index is 0.165. The van der Waals surface area contributed by atoms with E-state index < -0.39 is 0 Å². The molecule has 25 heavy (non-hydrogen) atoms. The molecule has 2 aromatic carbocycles. The van der Waals surface area contributed by atoms with E-state index in [0.29, 0.717) is 11.5 Å². The molecule has 2 aromatic rings. The van der Waals surface area contributed by atoms with E-state index in [-0.39, 0.29) is 19.6 Å². The van der Waals surface area contributed by atoms with Crippen molar-refractivity contribution >= 4 is 5.71 Å². The maximum absolute atomic E-state index is 5.69. The fraction of sp³-hybridized carbons (Fsp3) is 0.316. The maximum Gasteiger partial charge on any atom is 0.231 e. The van der Waals surface area contributed by atoms with Gasteiger partial charge in [0.25, 0.3) is 0 Å². The normalized spacial score (nSPS) is 19.4. The van der Waals surface area contributed by atoms with E-state index in [1.807, 2.05) is 24.3 Å². The van der Waals surface area contributed by atoms with Crippen molar-refractivity contribution in [1.29, 1.82) is 0 Å². The Morgan fingerprint density at radius 3 is 2.68 bits per heavy atom. The van der Waals surface area contributed by atoms with Crippen LogP contribution in [0.15, 0.2) is 29.3 Å². The van der Waals surface area contributed by atoms with Crippen LogP contribution >= 0.6 is 0 Å². The zero-order valence-electron chi connectivity index (χ0n) is 14.0. The van der Waals surface area contributed by atoms with Gasteiger partial charge in [0.15, 0.2) is 23.0 Å². The highest BCUT2D eigenvalue weighted by Gasteiger charge is 2.31. The van der Waals surface area contributed by atoms with Crippen LogP contribution < -0.4 is 23.7 Å². The Hall–Kier alpha value is -2.89. The van der Waals surface area contributed by atoms with E-state index in [0.717, 1.165) is 46.1 Å². The number of fused-ring (bicyclic) bond motifs is 3. The largest absolute Gasteiger partial charge is 0.492 e. The van der Waals surface area contributed by atoms with Gasteiger partial charge in [-0.05, 0) is 43.2 Å². The van der Waals surface area contributed by atoms with Gasteiger partial charge in [0.1, 0.15) is 0 Å². The molecule has 0 fully saturated rings. The molecule has 5 rings (SSSR count). The number of methoxy groups -OCH3 is 1. The van der Waals surface area contributed by atoms with Gasteiger partial charge in [-0.2, -0.15) is 0 Å². The standard InChI is InChI=1S/C19H17NO5/c1-10-5-12-7-15-18(25-9-24-15)19(21-2)16(12)17(20-10)11-3-4-13-14(6-11)23-8-22-13/h3-4,6-7,10H,5,8-9H2,1-2H3. The van der Waals surface area contributed by atoms with Crippen molar-refractivity contribution in [2.24, 2.45) is 4.99 Å². The third-order valence-corrected chi connectivity index (χ3v) is 4.65. The summed E-state index contributed by atoms with van der Waals surface area (Å²) in [6, 6.07) is 8.08. The second kappa shape index (κ2) is 5.31. The van der Waals surface area contributed by atoms with Gasteiger partial charge in [-0.1, -0.05) is 0 Å². The van der Waals surface area contributed by atoms with Gasteiger partial charge in [0.05, 0.1) is 18.9 Å². The summed E-state index contributed by atoms with van der Waals surface area (Å²) in [6.45, 7) is 2.56. The molecular weight excluding hydrogens is 322 g/mol. The van der Waals surface area contributed by atoms with Crippen molar-refractivity contribution in [3.05, 3.63) is 41.0 Å². The van der Waals surface area contributed by atoms with Crippen LogP contribution in [-0.4, -0.2) is 32.4 Å². The monoisotopic (exact) mass is 339 g/mol. The number of ether oxygens (including phenoxy) is 5. The van der Waals surface area contributed by atoms with Crippen LogP contribution in [-0.2, 0) is 6.42 Å². The zero-order valence-corrected chi connectivity index (χ0v) is 14.0. The molecule has 3 heterocycles. The molecule has 3 aliphatic rings. The Labute approximate surface area is 144 Å². The highest BCUT2D eigenvalue weighted by molar-refractivity contribution is 6.17. The van der Waals surface area contributed by atoms with Crippen LogP contribution in [0.5, 0.6) is 28.7 Å². The van der Waals surface area contributed by atoms with Crippen LogP contribution in [0.3, 0.4) is 0 Å². The number of hydrogen-bond donors (Lipinski definition) is 0. The van der Waals surface area contributed by atoms with E-state index in [9.17, 15) is 0 Å². The predicted molar refractivity (Wildman–Crippen MR) is 90.5 cm³/mol. The molecule has 6 heteroatoms. The van der Waals surface area contributed by atoms with Gasteiger partial charge in [-0.3, -0.25) is 4.99 Å². The number of hydrogen-bond acceptors (Lipinski definition) is 6. The van der Waals surface area contributed by atoms with Gasteiger partial charge in [-0.15, -0.1) is 0 Å². The molecule has 0 saturated heterocycles. The van der Waals surface area contributed by atoms with Crippen molar-refractivity contribution in [1.82, 2.24) is 0 Å². The molecule has 0 saturated carbocycles. The Morgan fingerprint density at radius 1 is 1.00 bits per heavy atom. The van der Waals surface area contributed by atoms with Gasteiger partial charge >= 0.3 is 0 Å². The second-order valence-corrected chi connectivity index (χ2v) is 6.28. The Bertz CT molecular complexity index is 905. The molecule has 0 radical (unpaired) electrons. The van der Waals surface area contributed by atoms with E-state index in [4.69, 9.17) is 28.7 Å². The van der Waals surface area contributed by atoms with E-state index >= 15 is 0 Å². The lowest BCUT2D eigenvalue weighted by atomic mass is 9.89. The van der Waals surface area contributed by atoms with Gasteiger partial charge in [0.2, 0.25) is 19.3 Å². The third kappa shape index (κ3) is 2.13. The quantitative estimate of drug-likeness (QED) is 0.842. The molecule has 0 spiro atoms. The highest BCUT2D eigenvalue weighted by Crippen LogP contribution is 2.47. The lowest BCUT2D eigenvalue weighted by molar-refractivity contribution is 0.171. The van der Waals surface area contributed by atoms with Crippen molar-refractivity contribution in [3.8, 4) is 28.7 Å². The number of benzene rings is 2. The summed E-state index contributed by atoms with van der Waals surface area (Å²) in [5.74, 6) is 3.54. The first kappa shape index (κ1) is 14.5. The molecule has 128 valence electrons. The number of aliphatic imine (C=N–C) groups is 1. The zero-order chi connectivity index (χ0) is 17.0. The van der Waals surface area contributed by atoms with Gasteiger partial charge in [0, 0.05) is 11.1 Å². The fourth-order valence-electron chi connectivity index (χ4n) is 3.59. The van der Waals surface area contributed by atoms with Crippen molar-refractivity contribution in [2.45, 2.75) is 19.4 Å². The fourth-order valence-corrected chi connectivity index (χ4v) is 3.59. The first-order chi connectivity index (χ1) is 12.2. The van der Waals surface area contributed by atoms with Crippen LogP contribution in [0.1, 0.15) is 23.6 Å². The topological polar surface area (TPSA) is 58.5 Å². The van der Waals surface area contributed by atoms with E-state index in [1.165, 1.54) is 0 Å². The summed E-state index contributed by atoms with van der Waals surface area (Å²) in [7, 11) is 1.65. The van der Waals surface area contributed by atoms with Gasteiger partial charge < -0.3 is 23.7 Å². The second-order valence-electron chi connectivity index (χ2n) is 6.28. The molecule has 0 aromatic heterocycles. The smallest absolute Gasteiger partial charge is 0.231 e. The SMILES string of the molecule is COc1c2c(cc3c1C(c1ccc4c(c1)OCO4)=NC(C)C3)OCO2. The molecule has 1 unspecified atom stereocenters. The minimum absolute atomic E-state index is 0.165. The average Bonchev–Trinajstić information content (AvgIpc) is 3.26. The lowest BCUT2D eigenvalue weighted by Gasteiger charge is -2.24. The molecular formula is C19H17NO5. The van der Waals surface area contributed by atoms with Crippen LogP contribution in [0.4, 0.5) is 0 Å². The molecule has 0 amide bonds. The summed E-state index contributed by atoms with van der Waals surface area (Å²) in [5, 5.41) is 0. The summed E-state index contributed by atoms with van der Waals surface area (Å²) >= 11 is 0. The third-order valence-electron chi connectivity index (χ3n) is 4.65. The van der Waals surface area contributed by atoms with Crippen LogP contribution in [0.2, 0.25) is 0 Å². The van der Waals surface area contributed by atoms with E-state index in [2.05, 4.69) is 6.92 Å². The molecule has 0 bridgehead atoms. The minimum Gasteiger partial charge on any atom is -0.492 e. The summed E-state index contributed by atoms with van der Waals surface area (Å²) in [5.41, 5.74) is 3.95. The van der Waals surface area contributed by atoms with Crippen molar-refractivity contribution in [2.75, 3.05) is 20.7 Å². The molecule has 1 atom stereocenters. The Kier molecular flexibility index (Phi) is 3.07. The van der Waals surface area contributed by atoms with Crippen LogP contribution in [0.25, 0.3) is 0 Å². The first-order valence-corrected chi connectivity index (χ1v) is 8.22. The molecule has 0 aliphatic carbocycles. The van der Waals surface area contributed by atoms with Crippen LogP contribution in [0, 0.1) is 0 Å². The van der Waals surface area contributed by atoms with Crippen molar-refractivity contribution < 1.29 is 23.7 Å².